The van der Waals surface area contributed by atoms with E-state index in [4.69, 9.17) is 9.84 Å². The van der Waals surface area contributed by atoms with Crippen molar-refractivity contribution in [3.63, 3.8) is 0 Å². The second kappa shape index (κ2) is 9.47. The molecule has 21 heavy (non-hydrogen) atoms. The first-order valence-electron chi connectivity index (χ1n) is 7.56. The normalized spacial score (nSPS) is 14.1. The van der Waals surface area contributed by atoms with Gasteiger partial charge in [0.15, 0.2) is 0 Å². The fourth-order valence-electron chi connectivity index (χ4n) is 2.32. The van der Waals surface area contributed by atoms with E-state index in [2.05, 4.69) is 23.6 Å². The molecule has 0 aliphatic heterocycles. The molecule has 0 amide bonds. The lowest BCUT2D eigenvalue weighted by Crippen LogP contribution is -2.40. The highest BCUT2D eigenvalue weighted by molar-refractivity contribution is 5.62. The minimum Gasteiger partial charge on any atom is -0.447 e. The van der Waals surface area contributed by atoms with E-state index in [-0.39, 0.29) is 17.4 Å². The van der Waals surface area contributed by atoms with Gasteiger partial charge in [-0.15, -0.1) is 0 Å². The van der Waals surface area contributed by atoms with Crippen LogP contribution in [0.4, 0.5) is 9.59 Å². The van der Waals surface area contributed by atoms with Crippen LogP contribution in [0.5, 0.6) is 0 Å². The van der Waals surface area contributed by atoms with E-state index < -0.39 is 12.3 Å². The Kier molecular flexibility index (Phi) is 8.81. The molecule has 6 nitrogen and oxygen atoms in total. The standard InChI is InChI=1S/C15H28O6/c1-6-9-10-11(7-2)12(15(4,5)8-3)19-14(18)21-20-13(16)17/h11-12H,6-10H2,1-5H3,(H,16,17). The first-order chi connectivity index (χ1) is 9.78. The number of hydrogen-bond donors (Lipinski definition) is 1. The maximum atomic E-state index is 11.6. The van der Waals surface area contributed by atoms with Crippen LogP contribution in [0.15, 0.2) is 0 Å². The van der Waals surface area contributed by atoms with Crippen molar-refractivity contribution in [3.05, 3.63) is 0 Å². The van der Waals surface area contributed by atoms with Crippen LogP contribution in [0.25, 0.3) is 0 Å². The Balaban J connectivity index is 4.88. The van der Waals surface area contributed by atoms with E-state index in [1.165, 1.54) is 0 Å². The summed E-state index contributed by atoms with van der Waals surface area (Å²) in [6.07, 6.45) is 1.64. The van der Waals surface area contributed by atoms with Crippen molar-refractivity contribution < 1.29 is 29.2 Å². The second-order valence-electron chi connectivity index (χ2n) is 5.87. The van der Waals surface area contributed by atoms with Crippen molar-refractivity contribution in [1.82, 2.24) is 0 Å². The highest BCUT2D eigenvalue weighted by atomic mass is 17.3. The van der Waals surface area contributed by atoms with Crippen LogP contribution in [-0.2, 0) is 14.5 Å². The maximum absolute atomic E-state index is 11.6. The molecule has 0 aromatic heterocycles. The molecule has 6 heteroatoms. The first-order valence-corrected chi connectivity index (χ1v) is 7.56. The average Bonchev–Trinajstić information content (AvgIpc) is 2.44. The first kappa shape index (κ1) is 19.5. The van der Waals surface area contributed by atoms with E-state index in [1.54, 1.807) is 0 Å². The van der Waals surface area contributed by atoms with Crippen molar-refractivity contribution in [2.45, 2.75) is 72.8 Å². The predicted molar refractivity (Wildman–Crippen MR) is 77.8 cm³/mol. The van der Waals surface area contributed by atoms with Gasteiger partial charge in [-0.05, 0) is 25.2 Å². The molecule has 0 aromatic carbocycles. The van der Waals surface area contributed by atoms with Gasteiger partial charge in [0.25, 0.3) is 0 Å². The SMILES string of the molecule is CCCCC(CC)C(OC(=O)OOC(=O)O)C(C)(C)CC. The fraction of sp³-hybridized carbons (Fsp3) is 0.867. The third-order valence-electron chi connectivity index (χ3n) is 3.97. The van der Waals surface area contributed by atoms with Gasteiger partial charge in [0, 0.05) is 5.41 Å². The van der Waals surface area contributed by atoms with Crippen molar-refractivity contribution in [1.29, 1.82) is 0 Å². The molecular formula is C15H28O6. The molecule has 0 aliphatic rings. The van der Waals surface area contributed by atoms with Gasteiger partial charge in [0.2, 0.25) is 0 Å². The quantitative estimate of drug-likeness (QED) is 0.395. The molecule has 124 valence electrons. The van der Waals surface area contributed by atoms with Gasteiger partial charge in [-0.3, -0.25) is 0 Å². The summed E-state index contributed by atoms with van der Waals surface area (Å²) in [7, 11) is 0. The Morgan fingerprint density at radius 2 is 1.76 bits per heavy atom. The van der Waals surface area contributed by atoms with Gasteiger partial charge in [0.05, 0.1) is 0 Å². The summed E-state index contributed by atoms with van der Waals surface area (Å²) >= 11 is 0. The van der Waals surface area contributed by atoms with Crippen molar-refractivity contribution in [3.8, 4) is 0 Å². The molecule has 0 rings (SSSR count). The molecule has 0 aromatic rings. The molecule has 0 aliphatic carbocycles. The number of carbonyl (C=O) groups is 2. The molecular weight excluding hydrogens is 276 g/mol. The van der Waals surface area contributed by atoms with Crippen molar-refractivity contribution in [2.24, 2.45) is 11.3 Å². The van der Waals surface area contributed by atoms with E-state index in [0.29, 0.717) is 0 Å². The maximum Gasteiger partial charge on any atom is 0.550 e. The van der Waals surface area contributed by atoms with Crippen LogP contribution in [0.3, 0.4) is 0 Å². The van der Waals surface area contributed by atoms with E-state index >= 15 is 0 Å². The number of hydrogen-bond acceptors (Lipinski definition) is 5. The summed E-state index contributed by atoms with van der Waals surface area (Å²) in [6.45, 7) is 10.3. The lowest BCUT2D eigenvalue weighted by Gasteiger charge is -2.37. The smallest absolute Gasteiger partial charge is 0.447 e. The molecule has 0 saturated heterocycles. The van der Waals surface area contributed by atoms with Gasteiger partial charge in [-0.25, -0.2) is 9.68 Å². The minimum atomic E-state index is -1.68. The highest BCUT2D eigenvalue weighted by Crippen LogP contribution is 2.36. The van der Waals surface area contributed by atoms with Crippen LogP contribution >= 0.6 is 0 Å². The number of carboxylic acid groups (broad SMARTS) is 1. The van der Waals surface area contributed by atoms with Crippen LogP contribution < -0.4 is 0 Å². The minimum absolute atomic E-state index is 0.206. The van der Waals surface area contributed by atoms with Crippen LogP contribution in [0.1, 0.15) is 66.7 Å². The lowest BCUT2D eigenvalue weighted by atomic mass is 9.75. The number of rotatable bonds is 8. The van der Waals surface area contributed by atoms with E-state index in [1.807, 2.05) is 20.8 Å². The largest absolute Gasteiger partial charge is 0.550 e. The molecule has 0 heterocycles. The Morgan fingerprint density at radius 3 is 2.19 bits per heavy atom. The summed E-state index contributed by atoms with van der Waals surface area (Å²) in [5.41, 5.74) is -0.226. The monoisotopic (exact) mass is 304 g/mol. The van der Waals surface area contributed by atoms with Gasteiger partial charge < -0.3 is 9.84 Å². The van der Waals surface area contributed by atoms with Crippen molar-refractivity contribution in [2.75, 3.05) is 0 Å². The zero-order valence-electron chi connectivity index (χ0n) is 13.7. The lowest BCUT2D eigenvalue weighted by molar-refractivity contribution is -0.223. The van der Waals surface area contributed by atoms with Crippen LogP contribution in [0, 0.1) is 11.3 Å². The van der Waals surface area contributed by atoms with Crippen LogP contribution in [-0.4, -0.2) is 23.5 Å². The van der Waals surface area contributed by atoms with Gasteiger partial charge in [-0.2, -0.15) is 9.68 Å². The summed E-state index contributed by atoms with van der Waals surface area (Å²) in [5, 5.41) is 8.32. The Bertz CT molecular complexity index is 326. The second-order valence-corrected chi connectivity index (χ2v) is 5.87. The molecule has 2 atom stereocenters. The summed E-state index contributed by atoms with van der Waals surface area (Å²) < 4.78 is 5.36. The van der Waals surface area contributed by atoms with E-state index in [0.717, 1.165) is 32.1 Å². The molecule has 0 bridgehead atoms. The van der Waals surface area contributed by atoms with Gasteiger partial charge in [0.1, 0.15) is 6.10 Å². The summed E-state index contributed by atoms with van der Waals surface area (Å²) in [4.78, 5) is 29.7. The van der Waals surface area contributed by atoms with Gasteiger partial charge in [-0.1, -0.05) is 47.5 Å². The number of unbranched alkanes of at least 4 members (excludes halogenated alkanes) is 1. The third kappa shape index (κ3) is 7.20. The Morgan fingerprint density at radius 1 is 1.14 bits per heavy atom. The van der Waals surface area contributed by atoms with Gasteiger partial charge >= 0.3 is 12.3 Å². The third-order valence-corrected chi connectivity index (χ3v) is 3.97. The number of carbonyl (C=O) groups excluding carboxylic acids is 1. The predicted octanol–water partition coefficient (Wildman–Crippen LogP) is 4.77. The molecule has 0 radical (unpaired) electrons. The molecule has 2 unspecified atom stereocenters. The molecule has 1 N–H and O–H groups in total. The Hall–Kier alpha value is -1.46. The number of ether oxygens (including phenoxy) is 1. The Labute approximate surface area is 126 Å². The summed E-state index contributed by atoms with van der Waals surface area (Å²) in [6, 6.07) is 0. The highest BCUT2D eigenvalue weighted by Gasteiger charge is 2.37. The zero-order valence-corrected chi connectivity index (χ0v) is 13.7. The topological polar surface area (TPSA) is 82.1 Å². The zero-order chi connectivity index (χ0) is 16.5. The van der Waals surface area contributed by atoms with Crippen molar-refractivity contribution >= 4 is 12.3 Å². The van der Waals surface area contributed by atoms with E-state index in [9.17, 15) is 9.59 Å². The average molecular weight is 304 g/mol. The molecule has 0 fully saturated rings. The van der Waals surface area contributed by atoms with Crippen LogP contribution in [0.2, 0.25) is 0 Å². The fourth-order valence-corrected chi connectivity index (χ4v) is 2.32. The molecule has 0 spiro atoms. The molecule has 0 saturated carbocycles. The summed E-state index contributed by atoms with van der Waals surface area (Å²) in [5.74, 6) is 0.206.